The Bertz CT molecular complexity index is 671. The first-order valence-corrected chi connectivity index (χ1v) is 7.93. The molecular weight excluding hydrogens is 300 g/mol. The number of amides is 1. The number of hydrogen-bond acceptors (Lipinski definition) is 4. The normalized spacial score (nSPS) is 26.0. The number of rotatable bonds is 5. The zero-order chi connectivity index (χ0) is 15.7. The van der Waals surface area contributed by atoms with Crippen molar-refractivity contribution in [2.24, 2.45) is 0 Å². The van der Waals surface area contributed by atoms with Gasteiger partial charge in [-0.1, -0.05) is 36.4 Å². The van der Waals surface area contributed by atoms with E-state index in [1.807, 2.05) is 30.3 Å². The molecule has 6 heteroatoms. The van der Waals surface area contributed by atoms with E-state index < -0.39 is 11.5 Å². The second kappa shape index (κ2) is 5.61. The minimum Gasteiger partial charge on any atom is -0.331 e. The van der Waals surface area contributed by atoms with Gasteiger partial charge in [-0.2, -0.15) is 4.84 Å². The maximum atomic E-state index is 12.2. The molecule has 1 N–H and O–H groups in total. The van der Waals surface area contributed by atoms with Crippen LogP contribution in [0, 0.1) is 0 Å². The molecular formula is C16H17N2O3S+. The number of nitrogens with zero attached hydrogens (tertiary/aromatic N) is 1. The summed E-state index contributed by atoms with van der Waals surface area (Å²) in [6.45, 7) is 5.07. The third-order valence-corrected chi connectivity index (χ3v) is 5.13. The van der Waals surface area contributed by atoms with Gasteiger partial charge in [0.1, 0.15) is 0 Å². The number of hydrogen-bond donors (Lipinski definition) is 1. The molecule has 22 heavy (non-hydrogen) atoms. The van der Waals surface area contributed by atoms with E-state index in [0.29, 0.717) is 12.8 Å². The molecule has 0 aliphatic carbocycles. The summed E-state index contributed by atoms with van der Waals surface area (Å²) in [5.74, 6) is -0.566. The molecule has 0 bridgehead atoms. The van der Waals surface area contributed by atoms with Crippen LogP contribution in [0.5, 0.6) is 0 Å². The van der Waals surface area contributed by atoms with Crippen LogP contribution in [-0.2, 0) is 20.8 Å². The van der Waals surface area contributed by atoms with Crippen LogP contribution in [0.2, 0.25) is 0 Å². The van der Waals surface area contributed by atoms with Gasteiger partial charge in [-0.15, -0.1) is 6.58 Å². The van der Waals surface area contributed by atoms with E-state index in [1.54, 1.807) is 6.08 Å². The molecule has 2 unspecified atom stereocenters. The van der Waals surface area contributed by atoms with E-state index in [2.05, 4.69) is 11.9 Å². The van der Waals surface area contributed by atoms with Gasteiger partial charge in [0, 0.05) is 18.1 Å². The monoisotopic (exact) mass is 317 g/mol. The number of carbonyl (C=O) groups excluding carboxylic acids is 2. The molecule has 1 aromatic carbocycles. The molecule has 1 saturated heterocycles. The quantitative estimate of drug-likeness (QED) is 0.388. The minimum absolute atomic E-state index is 0.115. The molecule has 0 radical (unpaired) electrons. The molecule has 2 aliphatic rings. The Hall–Kier alpha value is -2.08. The summed E-state index contributed by atoms with van der Waals surface area (Å²) in [6.07, 6.45) is 2.74. The van der Waals surface area contributed by atoms with Crippen molar-refractivity contribution in [3.8, 4) is 0 Å². The Kier molecular flexibility index (Phi) is 3.78. The summed E-state index contributed by atoms with van der Waals surface area (Å²) in [7, 11) is 0. The Morgan fingerprint density at radius 3 is 2.82 bits per heavy atom. The number of β-lactam (4-membered cyclic amide) rings is 1. The van der Waals surface area contributed by atoms with E-state index in [9.17, 15) is 9.59 Å². The lowest BCUT2D eigenvalue weighted by Crippen LogP contribution is -2.73. The average molecular weight is 317 g/mol. The van der Waals surface area contributed by atoms with Crippen molar-refractivity contribution in [2.45, 2.75) is 30.7 Å². The summed E-state index contributed by atoms with van der Waals surface area (Å²) >= 11 is 1.53. The van der Waals surface area contributed by atoms with Crippen LogP contribution in [-0.4, -0.2) is 32.6 Å². The Balaban J connectivity index is 1.99. The zero-order valence-corrected chi connectivity index (χ0v) is 13.1. The lowest BCUT2D eigenvalue weighted by Gasteiger charge is -2.35. The third-order valence-electron chi connectivity index (χ3n) is 3.81. The van der Waals surface area contributed by atoms with Gasteiger partial charge in [0.2, 0.25) is 0 Å². The zero-order valence-electron chi connectivity index (χ0n) is 12.2. The molecule has 2 heterocycles. The smallest absolute Gasteiger partial charge is 0.331 e. The Morgan fingerprint density at radius 2 is 2.23 bits per heavy atom. The van der Waals surface area contributed by atoms with Crippen LogP contribution in [0.3, 0.4) is 0 Å². The number of hydroxylamine groups is 1. The van der Waals surface area contributed by atoms with E-state index in [4.69, 9.17) is 4.84 Å². The van der Waals surface area contributed by atoms with Gasteiger partial charge in [-0.05, 0) is 17.3 Å². The van der Waals surface area contributed by atoms with E-state index >= 15 is 0 Å². The van der Waals surface area contributed by atoms with Crippen molar-refractivity contribution in [2.75, 3.05) is 0 Å². The topological polar surface area (TPSA) is 58.4 Å². The minimum atomic E-state index is -0.859. The Morgan fingerprint density at radius 1 is 1.50 bits per heavy atom. The second-order valence-electron chi connectivity index (χ2n) is 5.32. The molecule has 0 spiro atoms. The highest BCUT2D eigenvalue weighted by Gasteiger charge is 2.72. The molecule has 1 fully saturated rings. The maximum Gasteiger partial charge on any atom is 0.376 e. The van der Waals surface area contributed by atoms with Gasteiger partial charge in [0.25, 0.3) is 5.04 Å². The predicted octanol–water partition coefficient (Wildman–Crippen LogP) is 1.64. The lowest BCUT2D eigenvalue weighted by atomic mass is 9.87. The van der Waals surface area contributed by atoms with Gasteiger partial charge >= 0.3 is 17.4 Å². The number of thioether (sulfide) groups is 1. The number of fused-ring (bicyclic) bond motifs is 1. The summed E-state index contributed by atoms with van der Waals surface area (Å²) in [5.41, 5.74) is 0.243. The fraction of sp³-hybridized carbons (Fsp3) is 0.312. The number of nitrogens with one attached hydrogen (secondary N) is 1. The molecule has 5 nitrogen and oxygen atoms in total. The summed E-state index contributed by atoms with van der Waals surface area (Å²) in [4.78, 5) is 29.1. The Labute approximate surface area is 133 Å². The van der Waals surface area contributed by atoms with Crippen LogP contribution in [0.25, 0.3) is 0 Å². The van der Waals surface area contributed by atoms with E-state index in [0.717, 1.165) is 10.6 Å². The van der Waals surface area contributed by atoms with Gasteiger partial charge in [0.05, 0.1) is 6.42 Å². The van der Waals surface area contributed by atoms with Crippen LogP contribution < -0.4 is 5.32 Å². The summed E-state index contributed by atoms with van der Waals surface area (Å²) in [6, 6.07) is 9.89. The lowest BCUT2D eigenvalue weighted by molar-refractivity contribution is -0.803. The molecule has 0 saturated carbocycles. The predicted molar refractivity (Wildman–Crippen MR) is 84.2 cm³/mol. The molecule has 0 aromatic heterocycles. The first-order chi connectivity index (χ1) is 10.6. The fourth-order valence-electron chi connectivity index (χ4n) is 2.78. The molecule has 1 amide bonds. The average Bonchev–Trinajstić information content (AvgIpc) is 2.70. The summed E-state index contributed by atoms with van der Waals surface area (Å²) in [5, 5.41) is 3.61. The van der Waals surface area contributed by atoms with Gasteiger partial charge in [-0.25, -0.2) is 4.79 Å². The molecule has 1 aromatic rings. The molecule has 114 valence electrons. The highest BCUT2D eigenvalue weighted by molar-refractivity contribution is 8.14. The van der Waals surface area contributed by atoms with Crippen LogP contribution in [0.4, 0.5) is 0 Å². The van der Waals surface area contributed by atoms with Crippen molar-refractivity contribution >= 4 is 28.7 Å². The van der Waals surface area contributed by atoms with Gasteiger partial charge in [0.15, 0.2) is 5.37 Å². The highest BCUT2D eigenvalue weighted by Crippen LogP contribution is 2.43. The van der Waals surface area contributed by atoms with Crippen molar-refractivity contribution in [1.82, 2.24) is 5.32 Å². The van der Waals surface area contributed by atoms with E-state index in [-0.39, 0.29) is 11.3 Å². The standard InChI is InChI=1S/C16H16N2O3S/c1-3-9-16-14(20)17-15(16)22-13(18(16)21-11(2)19)10-12-7-5-4-6-8-12/h3-8,15H,1,9-10H2,2H3/p+1. The highest BCUT2D eigenvalue weighted by atomic mass is 32.2. The third kappa shape index (κ3) is 2.23. The molecule has 2 aliphatic heterocycles. The van der Waals surface area contributed by atoms with Crippen LogP contribution >= 0.6 is 11.8 Å². The molecule has 2 atom stereocenters. The largest absolute Gasteiger partial charge is 0.376 e. The van der Waals surface area contributed by atoms with Crippen LogP contribution in [0.15, 0.2) is 43.0 Å². The summed E-state index contributed by atoms with van der Waals surface area (Å²) < 4.78 is 1.50. The van der Waals surface area contributed by atoms with Gasteiger partial charge in [-0.3, -0.25) is 4.79 Å². The maximum absolute atomic E-state index is 12.2. The second-order valence-corrected chi connectivity index (χ2v) is 6.50. The van der Waals surface area contributed by atoms with Crippen LogP contribution in [0.1, 0.15) is 18.9 Å². The SMILES string of the molecule is C=CCC12C(=O)NC1SC(Cc1ccccc1)=[N+]2OC(C)=O. The van der Waals surface area contributed by atoms with Crippen molar-refractivity contribution in [3.63, 3.8) is 0 Å². The first kappa shape index (κ1) is 14.8. The fourth-order valence-corrected chi connectivity index (χ4v) is 4.26. The van der Waals surface area contributed by atoms with Crippen molar-refractivity contribution < 1.29 is 19.2 Å². The van der Waals surface area contributed by atoms with Gasteiger partial charge < -0.3 is 5.32 Å². The number of benzene rings is 1. The van der Waals surface area contributed by atoms with E-state index in [1.165, 1.54) is 23.4 Å². The molecule has 3 rings (SSSR count). The van der Waals surface area contributed by atoms with Crippen molar-refractivity contribution in [1.29, 1.82) is 0 Å². The first-order valence-electron chi connectivity index (χ1n) is 7.05. The number of carbonyl (C=O) groups is 2. The van der Waals surface area contributed by atoms with Crippen molar-refractivity contribution in [3.05, 3.63) is 48.6 Å².